The van der Waals surface area contributed by atoms with Crippen LogP contribution in [-0.4, -0.2) is 31.0 Å². The molecule has 0 saturated heterocycles. The van der Waals surface area contributed by atoms with Crippen LogP contribution in [0.5, 0.6) is 0 Å². The summed E-state index contributed by atoms with van der Waals surface area (Å²) in [4.78, 5) is 12.7. The molecule has 4 rings (SSSR count). The second-order valence-electron chi connectivity index (χ2n) is 5.17. The summed E-state index contributed by atoms with van der Waals surface area (Å²) in [7, 11) is 2.96. The molecule has 0 amide bonds. The Labute approximate surface area is 116 Å². The minimum Gasteiger partial charge on any atom is -0.346 e. The van der Waals surface area contributed by atoms with Crippen LogP contribution in [0.3, 0.4) is 0 Å². The summed E-state index contributed by atoms with van der Waals surface area (Å²) in [5, 5.41) is 11.6. The Hall–Kier alpha value is -1.09. The first kappa shape index (κ1) is 12.9. The number of Topliss-reactive ketones (excluding diaryl/α,β-unsaturated/α-hetero) is 1. The highest BCUT2D eigenvalue weighted by Gasteiger charge is 2.65. The minimum absolute atomic E-state index is 0.0574. The van der Waals surface area contributed by atoms with Crippen molar-refractivity contribution in [3.8, 4) is 6.07 Å². The van der Waals surface area contributed by atoms with Gasteiger partial charge in [-0.15, -0.1) is 11.8 Å². The third-order valence-corrected chi connectivity index (χ3v) is 5.88. The third-order valence-electron chi connectivity index (χ3n) is 4.49. The average Bonchev–Trinajstić information content (AvgIpc) is 2.83. The van der Waals surface area contributed by atoms with Crippen molar-refractivity contribution in [2.24, 2.45) is 17.8 Å². The van der Waals surface area contributed by atoms with Crippen molar-refractivity contribution in [2.45, 2.75) is 18.0 Å². The second-order valence-corrected chi connectivity index (χ2v) is 6.22. The van der Waals surface area contributed by atoms with E-state index in [4.69, 9.17) is 9.47 Å². The molecule has 0 radical (unpaired) electrons. The molecule has 4 aliphatic rings. The van der Waals surface area contributed by atoms with Crippen LogP contribution >= 0.6 is 11.8 Å². The fourth-order valence-electron chi connectivity index (χ4n) is 3.65. The lowest BCUT2D eigenvalue weighted by molar-refractivity contribution is -0.238. The predicted molar refractivity (Wildman–Crippen MR) is 71.1 cm³/mol. The van der Waals surface area contributed by atoms with Crippen molar-refractivity contribution in [3.05, 3.63) is 22.6 Å². The molecule has 1 saturated carbocycles. The van der Waals surface area contributed by atoms with Crippen molar-refractivity contribution in [1.82, 2.24) is 0 Å². The molecular weight excluding hydrogens is 262 g/mol. The summed E-state index contributed by atoms with van der Waals surface area (Å²) in [6.07, 6.45) is 1.81. The molecular formula is C14H15NO3S. The van der Waals surface area contributed by atoms with Gasteiger partial charge in [0.1, 0.15) is 0 Å². The molecule has 100 valence electrons. The summed E-state index contributed by atoms with van der Waals surface area (Å²) in [6.45, 7) is 2.05. The molecule has 4 nitrogen and oxygen atoms in total. The Morgan fingerprint density at radius 2 is 2.11 bits per heavy atom. The van der Waals surface area contributed by atoms with E-state index in [0.29, 0.717) is 5.57 Å². The van der Waals surface area contributed by atoms with Gasteiger partial charge in [0, 0.05) is 31.0 Å². The van der Waals surface area contributed by atoms with Crippen LogP contribution in [0.1, 0.15) is 6.92 Å². The van der Waals surface area contributed by atoms with Gasteiger partial charge in [0.15, 0.2) is 5.78 Å². The fraction of sp³-hybridized carbons (Fsp3) is 0.571. The zero-order valence-corrected chi connectivity index (χ0v) is 11.9. The molecule has 1 fully saturated rings. The number of hydrogen-bond donors (Lipinski definition) is 0. The van der Waals surface area contributed by atoms with Crippen molar-refractivity contribution in [1.29, 1.82) is 5.26 Å². The van der Waals surface area contributed by atoms with Gasteiger partial charge in [0.05, 0.1) is 17.9 Å². The molecule has 2 bridgehead atoms. The maximum atomic E-state index is 12.7. The van der Waals surface area contributed by atoms with Crippen molar-refractivity contribution in [2.75, 3.05) is 14.2 Å². The molecule has 4 atom stereocenters. The Balaban J connectivity index is 2.17. The number of hydrogen-bond acceptors (Lipinski definition) is 5. The van der Waals surface area contributed by atoms with Crippen molar-refractivity contribution >= 4 is 17.5 Å². The van der Waals surface area contributed by atoms with Gasteiger partial charge >= 0.3 is 0 Å². The zero-order chi connectivity index (χ0) is 13.8. The summed E-state index contributed by atoms with van der Waals surface area (Å²) >= 11 is 1.69. The van der Waals surface area contributed by atoms with Crippen LogP contribution < -0.4 is 0 Å². The normalized spacial score (nSPS) is 38.5. The topological polar surface area (TPSA) is 59.3 Å². The number of ketones is 1. The van der Waals surface area contributed by atoms with Crippen LogP contribution in [-0.2, 0) is 14.3 Å². The Morgan fingerprint density at radius 1 is 1.42 bits per heavy atom. The summed E-state index contributed by atoms with van der Waals surface area (Å²) in [5.74, 6) is -1.81. The van der Waals surface area contributed by atoms with Crippen molar-refractivity contribution < 1.29 is 14.3 Å². The lowest BCUT2D eigenvalue weighted by atomic mass is 9.60. The standard InChI is InChI=1S/C14H15NO3S/c1-7-6-19-12-10(7)9-4-8(5-15)11(12)14(17-2,18-3)13(9)16/h4,6,9-12H,1-3H3. The zero-order valence-electron chi connectivity index (χ0n) is 11.0. The van der Waals surface area contributed by atoms with E-state index in [1.807, 2.05) is 13.0 Å². The van der Waals surface area contributed by atoms with Gasteiger partial charge in [-0.25, -0.2) is 0 Å². The highest BCUT2D eigenvalue weighted by atomic mass is 32.2. The van der Waals surface area contributed by atoms with Gasteiger partial charge < -0.3 is 9.47 Å². The number of ether oxygens (including phenoxy) is 2. The van der Waals surface area contributed by atoms with E-state index < -0.39 is 5.79 Å². The first-order chi connectivity index (χ1) is 9.10. The number of nitriles is 1. The molecule has 0 aromatic rings. The van der Waals surface area contributed by atoms with Gasteiger partial charge in [-0.3, -0.25) is 4.79 Å². The molecule has 1 aliphatic heterocycles. The number of methoxy groups -OCH3 is 2. The minimum atomic E-state index is -1.29. The fourth-order valence-corrected chi connectivity index (χ4v) is 5.22. The number of allylic oxidation sites excluding steroid dienone is 2. The van der Waals surface area contributed by atoms with E-state index in [1.54, 1.807) is 11.8 Å². The largest absolute Gasteiger partial charge is 0.346 e. The predicted octanol–water partition coefficient (Wildman–Crippen LogP) is 1.89. The highest BCUT2D eigenvalue weighted by Crippen LogP contribution is 2.58. The van der Waals surface area contributed by atoms with Gasteiger partial charge in [-0.2, -0.15) is 5.26 Å². The van der Waals surface area contributed by atoms with Crippen LogP contribution in [0.4, 0.5) is 0 Å². The number of nitrogens with zero attached hydrogens (tertiary/aromatic N) is 1. The Bertz CT molecular complexity index is 541. The molecule has 0 aromatic heterocycles. The quantitative estimate of drug-likeness (QED) is 0.721. The molecule has 19 heavy (non-hydrogen) atoms. The van der Waals surface area contributed by atoms with E-state index in [1.165, 1.54) is 19.8 Å². The van der Waals surface area contributed by atoms with E-state index in [2.05, 4.69) is 11.5 Å². The smallest absolute Gasteiger partial charge is 0.237 e. The second kappa shape index (κ2) is 4.20. The van der Waals surface area contributed by atoms with E-state index in [-0.39, 0.29) is 28.8 Å². The number of rotatable bonds is 2. The molecule has 3 aliphatic carbocycles. The van der Waals surface area contributed by atoms with E-state index >= 15 is 0 Å². The third kappa shape index (κ3) is 1.40. The molecule has 0 N–H and O–H groups in total. The van der Waals surface area contributed by atoms with E-state index in [9.17, 15) is 10.1 Å². The lowest BCUT2D eigenvalue weighted by Gasteiger charge is -2.51. The lowest BCUT2D eigenvalue weighted by Crippen LogP contribution is -2.64. The monoisotopic (exact) mass is 277 g/mol. The summed E-state index contributed by atoms with van der Waals surface area (Å²) < 4.78 is 10.9. The Morgan fingerprint density at radius 3 is 2.68 bits per heavy atom. The van der Waals surface area contributed by atoms with Crippen LogP contribution in [0, 0.1) is 29.1 Å². The van der Waals surface area contributed by atoms with Crippen LogP contribution in [0.15, 0.2) is 22.6 Å². The molecule has 5 heteroatoms. The Kier molecular flexibility index (Phi) is 2.86. The van der Waals surface area contributed by atoms with Gasteiger partial charge in [-0.05, 0) is 12.3 Å². The number of carbonyl (C=O) groups is 1. The first-order valence-corrected chi connectivity index (χ1v) is 7.13. The summed E-state index contributed by atoms with van der Waals surface area (Å²) in [5.41, 5.74) is 1.83. The highest BCUT2D eigenvalue weighted by molar-refractivity contribution is 8.03. The number of fused-ring (bicyclic) bond motifs is 1. The summed E-state index contributed by atoms with van der Waals surface area (Å²) in [6, 6.07) is 2.22. The average molecular weight is 277 g/mol. The molecule has 0 aromatic carbocycles. The van der Waals surface area contributed by atoms with Gasteiger partial charge in [0.2, 0.25) is 5.79 Å². The maximum Gasteiger partial charge on any atom is 0.237 e. The number of thioether (sulfide) groups is 1. The SMILES string of the molecule is COC1(OC)C(=O)C2C=C(C#N)C1C1SC=C(C)C21. The van der Waals surface area contributed by atoms with Gasteiger partial charge in [0.25, 0.3) is 0 Å². The first-order valence-electron chi connectivity index (χ1n) is 6.19. The number of carbonyl (C=O) groups excluding carboxylic acids is 1. The van der Waals surface area contributed by atoms with Crippen molar-refractivity contribution in [3.63, 3.8) is 0 Å². The maximum absolute atomic E-state index is 12.7. The van der Waals surface area contributed by atoms with Crippen LogP contribution in [0.2, 0.25) is 0 Å². The van der Waals surface area contributed by atoms with Crippen LogP contribution in [0.25, 0.3) is 0 Å². The molecule has 0 spiro atoms. The molecule has 4 unspecified atom stereocenters. The molecule has 1 heterocycles. The van der Waals surface area contributed by atoms with E-state index in [0.717, 1.165) is 0 Å². The van der Waals surface area contributed by atoms with Gasteiger partial charge in [-0.1, -0.05) is 11.6 Å².